The molecule has 2 aromatic heterocycles. The lowest BCUT2D eigenvalue weighted by Gasteiger charge is -2.20. The van der Waals surface area contributed by atoms with Gasteiger partial charge in [0.05, 0.1) is 5.52 Å². The van der Waals surface area contributed by atoms with E-state index in [9.17, 15) is 0 Å². The molecule has 0 aliphatic rings. The zero-order valence-corrected chi connectivity index (χ0v) is 13.7. The molecule has 0 bridgehead atoms. The second-order valence-corrected chi connectivity index (χ2v) is 7.00. The van der Waals surface area contributed by atoms with Crippen molar-refractivity contribution in [1.82, 2.24) is 9.55 Å². The predicted molar refractivity (Wildman–Crippen MR) is 97.3 cm³/mol. The molecule has 0 aliphatic heterocycles. The van der Waals surface area contributed by atoms with E-state index in [1.54, 1.807) is 0 Å². The van der Waals surface area contributed by atoms with Gasteiger partial charge in [0.15, 0.2) is 0 Å². The Morgan fingerprint density at radius 2 is 1.52 bits per heavy atom. The van der Waals surface area contributed by atoms with Crippen LogP contribution in [-0.4, -0.2) is 9.55 Å². The van der Waals surface area contributed by atoms with Crippen LogP contribution in [-0.2, 0) is 5.41 Å². The van der Waals surface area contributed by atoms with Crippen LogP contribution in [0.2, 0.25) is 0 Å². The summed E-state index contributed by atoms with van der Waals surface area (Å²) >= 11 is 0. The van der Waals surface area contributed by atoms with E-state index in [1.165, 1.54) is 21.9 Å². The van der Waals surface area contributed by atoms with E-state index in [4.69, 9.17) is 4.98 Å². The molecule has 0 saturated carbocycles. The molecular formula is C21H20N2. The van der Waals surface area contributed by atoms with Crippen LogP contribution < -0.4 is 0 Å². The molecule has 2 heteroatoms. The summed E-state index contributed by atoms with van der Waals surface area (Å²) in [5.74, 6) is 0. The van der Waals surface area contributed by atoms with Crippen LogP contribution in [0.5, 0.6) is 0 Å². The van der Waals surface area contributed by atoms with Gasteiger partial charge in [0.2, 0.25) is 0 Å². The van der Waals surface area contributed by atoms with Crippen LogP contribution in [0.15, 0.2) is 66.9 Å². The molecule has 2 aromatic carbocycles. The highest BCUT2D eigenvalue weighted by Gasteiger charge is 2.22. The minimum atomic E-state index is 0.0762. The number of hydrogen-bond donors (Lipinski definition) is 0. The highest BCUT2D eigenvalue weighted by Crippen LogP contribution is 2.37. The quantitative estimate of drug-likeness (QED) is 0.455. The van der Waals surface area contributed by atoms with Crippen molar-refractivity contribution in [2.75, 3.05) is 0 Å². The number of para-hydroxylation sites is 2. The second-order valence-electron chi connectivity index (χ2n) is 7.00. The minimum absolute atomic E-state index is 0.0762. The van der Waals surface area contributed by atoms with Crippen molar-refractivity contribution < 1.29 is 0 Å². The van der Waals surface area contributed by atoms with Gasteiger partial charge >= 0.3 is 0 Å². The summed E-state index contributed by atoms with van der Waals surface area (Å²) in [6.45, 7) is 6.78. The van der Waals surface area contributed by atoms with Crippen LogP contribution in [0.3, 0.4) is 0 Å². The average molecular weight is 300 g/mol. The summed E-state index contributed by atoms with van der Waals surface area (Å²) in [5, 5.41) is 2.53. The van der Waals surface area contributed by atoms with Gasteiger partial charge in [-0.25, -0.2) is 4.98 Å². The van der Waals surface area contributed by atoms with Crippen molar-refractivity contribution >= 4 is 21.9 Å². The van der Waals surface area contributed by atoms with E-state index in [1.807, 2.05) is 12.3 Å². The van der Waals surface area contributed by atoms with E-state index in [-0.39, 0.29) is 5.41 Å². The Kier molecular flexibility index (Phi) is 3.02. The Morgan fingerprint density at radius 1 is 0.826 bits per heavy atom. The summed E-state index contributed by atoms with van der Waals surface area (Å²) in [4.78, 5) is 4.73. The molecule has 23 heavy (non-hydrogen) atoms. The maximum Gasteiger partial charge on any atom is 0.145 e. The first-order valence-corrected chi connectivity index (χ1v) is 8.01. The van der Waals surface area contributed by atoms with Gasteiger partial charge in [0, 0.05) is 22.7 Å². The van der Waals surface area contributed by atoms with Crippen molar-refractivity contribution in [2.24, 2.45) is 0 Å². The number of benzene rings is 2. The second kappa shape index (κ2) is 4.95. The Hall–Kier alpha value is -2.61. The molecule has 0 N–H and O–H groups in total. The topological polar surface area (TPSA) is 17.8 Å². The number of pyridine rings is 1. The van der Waals surface area contributed by atoms with Crippen molar-refractivity contribution in [2.45, 2.75) is 26.2 Å². The van der Waals surface area contributed by atoms with Crippen LogP contribution in [0.4, 0.5) is 0 Å². The van der Waals surface area contributed by atoms with E-state index in [0.29, 0.717) is 0 Å². The van der Waals surface area contributed by atoms with Gasteiger partial charge in [0.1, 0.15) is 5.65 Å². The molecule has 4 aromatic rings. The van der Waals surface area contributed by atoms with E-state index >= 15 is 0 Å². The molecule has 4 rings (SSSR count). The van der Waals surface area contributed by atoms with Gasteiger partial charge in [0.25, 0.3) is 0 Å². The van der Waals surface area contributed by atoms with Crippen molar-refractivity contribution in [3.05, 3.63) is 72.4 Å². The summed E-state index contributed by atoms with van der Waals surface area (Å²) in [6.07, 6.45) is 1.93. The van der Waals surface area contributed by atoms with Crippen molar-refractivity contribution in [3.63, 3.8) is 0 Å². The lowest BCUT2D eigenvalue weighted by molar-refractivity contribution is 0.595. The summed E-state index contributed by atoms with van der Waals surface area (Å²) in [7, 11) is 0. The fraction of sp³-hybridized carbons (Fsp3) is 0.190. The molecule has 0 radical (unpaired) electrons. The molecule has 114 valence electrons. The Balaban J connectivity index is 2.23. The van der Waals surface area contributed by atoms with E-state index in [0.717, 1.165) is 11.3 Å². The molecule has 2 nitrogen and oxygen atoms in total. The molecule has 0 unspecified atom stereocenters. The highest BCUT2D eigenvalue weighted by molar-refractivity contribution is 6.09. The fourth-order valence-corrected chi connectivity index (χ4v) is 3.34. The third-order valence-corrected chi connectivity index (χ3v) is 4.38. The number of nitrogens with zero attached hydrogens (tertiary/aromatic N) is 2. The zero-order chi connectivity index (χ0) is 16.0. The average Bonchev–Trinajstić information content (AvgIpc) is 2.89. The maximum atomic E-state index is 4.73. The Morgan fingerprint density at radius 3 is 2.26 bits per heavy atom. The first-order valence-electron chi connectivity index (χ1n) is 8.01. The lowest BCUT2D eigenvalue weighted by atomic mass is 9.85. The normalized spacial score (nSPS) is 12.1. The maximum absolute atomic E-state index is 4.73. The monoisotopic (exact) mass is 300 g/mol. The van der Waals surface area contributed by atoms with Gasteiger partial charge in [-0.3, -0.25) is 4.57 Å². The van der Waals surface area contributed by atoms with Crippen molar-refractivity contribution in [3.8, 4) is 5.69 Å². The van der Waals surface area contributed by atoms with Crippen LogP contribution in [0.25, 0.3) is 27.6 Å². The third-order valence-electron chi connectivity index (χ3n) is 4.38. The SMILES string of the molecule is CC(C)(C)c1ccnc2c1c1ccccc1n2-c1ccccc1. The molecule has 0 aliphatic carbocycles. The standard InChI is InChI=1S/C21H20N2/c1-21(2,3)17-13-14-22-20-19(17)16-11-7-8-12-18(16)23(20)15-9-5-4-6-10-15/h4-14H,1-3H3. The van der Waals surface area contributed by atoms with Gasteiger partial charge in [-0.15, -0.1) is 0 Å². The lowest BCUT2D eigenvalue weighted by Crippen LogP contribution is -2.11. The van der Waals surface area contributed by atoms with E-state index < -0.39 is 0 Å². The summed E-state index contributed by atoms with van der Waals surface area (Å²) < 4.78 is 2.26. The highest BCUT2D eigenvalue weighted by atomic mass is 15.0. The molecule has 0 amide bonds. The smallest absolute Gasteiger partial charge is 0.145 e. The number of hydrogen-bond acceptors (Lipinski definition) is 1. The molecular weight excluding hydrogens is 280 g/mol. The number of aromatic nitrogens is 2. The molecule has 2 heterocycles. The van der Waals surface area contributed by atoms with Gasteiger partial charge in [-0.1, -0.05) is 57.2 Å². The molecule has 0 atom stereocenters. The largest absolute Gasteiger partial charge is 0.294 e. The third kappa shape index (κ3) is 2.14. The molecule has 0 saturated heterocycles. The predicted octanol–water partition coefficient (Wildman–Crippen LogP) is 5.48. The molecule has 0 fully saturated rings. The fourth-order valence-electron chi connectivity index (χ4n) is 3.34. The minimum Gasteiger partial charge on any atom is -0.294 e. The summed E-state index contributed by atoms with van der Waals surface area (Å²) in [6, 6.07) is 21.2. The van der Waals surface area contributed by atoms with Crippen LogP contribution >= 0.6 is 0 Å². The van der Waals surface area contributed by atoms with Gasteiger partial charge in [-0.05, 0) is 35.2 Å². The Bertz CT molecular complexity index is 989. The zero-order valence-electron chi connectivity index (χ0n) is 13.7. The van der Waals surface area contributed by atoms with E-state index in [2.05, 4.69) is 79.9 Å². The van der Waals surface area contributed by atoms with Crippen LogP contribution in [0, 0.1) is 0 Å². The van der Waals surface area contributed by atoms with Gasteiger partial charge in [-0.2, -0.15) is 0 Å². The van der Waals surface area contributed by atoms with Crippen molar-refractivity contribution in [1.29, 1.82) is 0 Å². The first kappa shape index (κ1) is 14.0. The number of fused-ring (bicyclic) bond motifs is 3. The van der Waals surface area contributed by atoms with Crippen LogP contribution in [0.1, 0.15) is 26.3 Å². The number of rotatable bonds is 1. The van der Waals surface area contributed by atoms with Gasteiger partial charge < -0.3 is 0 Å². The Labute approximate surface area is 136 Å². The summed E-state index contributed by atoms with van der Waals surface area (Å²) in [5.41, 5.74) is 4.81. The molecule has 0 spiro atoms. The first-order chi connectivity index (χ1) is 11.1.